The molecule has 3 atom stereocenters. The third-order valence-electron chi connectivity index (χ3n) is 5.38. The van der Waals surface area contributed by atoms with Crippen molar-refractivity contribution in [3.05, 3.63) is 106 Å². The fraction of sp³-hybridized carbons (Fsp3) is 0.231. The number of nitrogens with zero attached hydrogens (tertiary/aromatic N) is 2. The van der Waals surface area contributed by atoms with E-state index in [-0.39, 0.29) is 18.0 Å². The van der Waals surface area contributed by atoms with Crippen molar-refractivity contribution in [2.24, 2.45) is 0 Å². The quantitative estimate of drug-likeness (QED) is 0.480. The molecule has 3 aromatic rings. The van der Waals surface area contributed by atoms with Gasteiger partial charge in [-0.2, -0.15) is 10.5 Å². The smallest absolute Gasteiger partial charge is 0.0991 e. The lowest BCUT2D eigenvalue weighted by molar-refractivity contribution is 0.401. The highest BCUT2D eigenvalue weighted by atomic mass is 35.5. The molecule has 4 heteroatoms. The number of nitrogens with one attached hydrogen (secondary N) is 1. The molecule has 30 heavy (non-hydrogen) atoms. The number of rotatable bonds is 8. The van der Waals surface area contributed by atoms with Crippen LogP contribution in [0.1, 0.15) is 47.6 Å². The van der Waals surface area contributed by atoms with E-state index in [1.54, 1.807) is 0 Å². The predicted molar refractivity (Wildman–Crippen MR) is 121 cm³/mol. The van der Waals surface area contributed by atoms with Crippen molar-refractivity contribution in [2.45, 2.75) is 37.8 Å². The summed E-state index contributed by atoms with van der Waals surface area (Å²) in [7, 11) is 0. The van der Waals surface area contributed by atoms with Gasteiger partial charge >= 0.3 is 0 Å². The van der Waals surface area contributed by atoms with Crippen LogP contribution in [-0.2, 0) is 6.42 Å². The van der Waals surface area contributed by atoms with Gasteiger partial charge in [-0.15, -0.1) is 0 Å². The second kappa shape index (κ2) is 10.6. The van der Waals surface area contributed by atoms with Crippen molar-refractivity contribution in [3.8, 4) is 12.1 Å². The average molecular weight is 414 g/mol. The summed E-state index contributed by atoms with van der Waals surface area (Å²) in [5.74, 6) is 0.129. The summed E-state index contributed by atoms with van der Waals surface area (Å²) in [5.41, 5.74) is 4.03. The molecule has 0 amide bonds. The maximum atomic E-state index is 9.36. The first kappa shape index (κ1) is 21.6. The van der Waals surface area contributed by atoms with Gasteiger partial charge in [0.25, 0.3) is 0 Å². The maximum absolute atomic E-state index is 9.36. The van der Waals surface area contributed by atoms with Crippen LogP contribution in [0.15, 0.2) is 78.9 Å². The predicted octanol–water partition coefficient (Wildman–Crippen LogP) is 6.17. The minimum absolute atomic E-state index is 0.0573. The minimum atomic E-state index is -0.0573. The standard InChI is InChI=1S/C26H24ClN3/c1-19(30-26(14-15-28)22-7-3-2-4-8-22)25(17-20-10-12-24(27)13-11-20)23-9-5-6-21(16-23)18-29/h2-13,16,19,25-26,30H,14,17H2,1H3/t19-,25?,26-/m0/s1. The number of hydrogen-bond donors (Lipinski definition) is 1. The summed E-state index contributed by atoms with van der Waals surface area (Å²) in [5, 5.41) is 23.1. The molecule has 0 radical (unpaired) electrons. The van der Waals surface area contributed by atoms with Crippen LogP contribution in [0.5, 0.6) is 0 Å². The summed E-state index contributed by atoms with van der Waals surface area (Å²) in [4.78, 5) is 0. The topological polar surface area (TPSA) is 59.6 Å². The van der Waals surface area contributed by atoms with Gasteiger partial charge in [0.2, 0.25) is 0 Å². The van der Waals surface area contributed by atoms with Gasteiger partial charge in [0.1, 0.15) is 0 Å². The first-order valence-electron chi connectivity index (χ1n) is 10.0. The van der Waals surface area contributed by atoms with Crippen LogP contribution >= 0.6 is 11.6 Å². The van der Waals surface area contributed by atoms with Gasteiger partial charge in [-0.05, 0) is 54.3 Å². The van der Waals surface area contributed by atoms with Crippen LogP contribution < -0.4 is 5.32 Å². The van der Waals surface area contributed by atoms with E-state index < -0.39 is 0 Å². The van der Waals surface area contributed by atoms with Crippen LogP contribution in [0.25, 0.3) is 0 Å². The van der Waals surface area contributed by atoms with E-state index in [1.165, 1.54) is 5.56 Å². The van der Waals surface area contributed by atoms with Gasteiger partial charge in [0.15, 0.2) is 0 Å². The number of nitriles is 2. The molecule has 0 aliphatic heterocycles. The Labute approximate surface area is 183 Å². The SMILES string of the molecule is C[C@H](N[C@@H](CC#N)c1ccccc1)C(Cc1ccc(Cl)cc1)c1cccc(C#N)c1. The molecule has 1 N–H and O–H groups in total. The number of hydrogen-bond acceptors (Lipinski definition) is 3. The molecule has 0 aromatic heterocycles. The zero-order valence-electron chi connectivity index (χ0n) is 16.9. The molecular weight excluding hydrogens is 390 g/mol. The Kier molecular flexibility index (Phi) is 7.63. The highest BCUT2D eigenvalue weighted by Gasteiger charge is 2.23. The van der Waals surface area contributed by atoms with Crippen molar-refractivity contribution < 1.29 is 0 Å². The molecule has 0 heterocycles. The van der Waals surface area contributed by atoms with Crippen LogP contribution in [0.3, 0.4) is 0 Å². The molecule has 0 saturated carbocycles. The Balaban J connectivity index is 1.90. The van der Waals surface area contributed by atoms with Crippen LogP contribution in [0.2, 0.25) is 5.02 Å². The molecule has 0 saturated heterocycles. The minimum Gasteiger partial charge on any atom is -0.306 e. The largest absolute Gasteiger partial charge is 0.306 e. The molecule has 150 valence electrons. The molecule has 0 aliphatic rings. The second-order valence-electron chi connectivity index (χ2n) is 7.46. The highest BCUT2D eigenvalue weighted by molar-refractivity contribution is 6.30. The first-order chi connectivity index (χ1) is 14.6. The Morgan fingerprint density at radius 3 is 2.27 bits per heavy atom. The van der Waals surface area contributed by atoms with Gasteiger partial charge in [-0.1, -0.05) is 66.2 Å². The normalized spacial score (nSPS) is 13.6. The Bertz CT molecular complexity index is 1030. The van der Waals surface area contributed by atoms with Crippen molar-refractivity contribution in [1.29, 1.82) is 10.5 Å². The van der Waals surface area contributed by atoms with Gasteiger partial charge < -0.3 is 5.32 Å². The van der Waals surface area contributed by atoms with Gasteiger partial charge in [-0.25, -0.2) is 0 Å². The lowest BCUT2D eigenvalue weighted by Gasteiger charge is -2.30. The van der Waals surface area contributed by atoms with E-state index in [4.69, 9.17) is 11.6 Å². The van der Waals surface area contributed by atoms with E-state index in [0.717, 1.165) is 17.5 Å². The van der Waals surface area contributed by atoms with Crippen LogP contribution in [0, 0.1) is 22.7 Å². The highest BCUT2D eigenvalue weighted by Crippen LogP contribution is 2.28. The van der Waals surface area contributed by atoms with Crippen molar-refractivity contribution in [3.63, 3.8) is 0 Å². The summed E-state index contributed by atoms with van der Waals surface area (Å²) in [6.07, 6.45) is 1.19. The number of halogens is 1. The summed E-state index contributed by atoms with van der Waals surface area (Å²) >= 11 is 6.06. The molecule has 0 aliphatic carbocycles. The zero-order chi connectivity index (χ0) is 21.3. The molecule has 0 fully saturated rings. The van der Waals surface area contributed by atoms with Crippen molar-refractivity contribution >= 4 is 11.6 Å². The molecule has 3 rings (SSSR count). The van der Waals surface area contributed by atoms with E-state index in [9.17, 15) is 10.5 Å². The second-order valence-corrected chi connectivity index (χ2v) is 7.89. The monoisotopic (exact) mass is 413 g/mol. The number of benzene rings is 3. The average Bonchev–Trinajstić information content (AvgIpc) is 2.79. The lowest BCUT2D eigenvalue weighted by atomic mass is 9.85. The molecule has 3 nitrogen and oxygen atoms in total. The molecule has 0 spiro atoms. The third-order valence-corrected chi connectivity index (χ3v) is 5.63. The lowest BCUT2D eigenvalue weighted by Crippen LogP contribution is -2.36. The van der Waals surface area contributed by atoms with Crippen LogP contribution in [-0.4, -0.2) is 6.04 Å². The summed E-state index contributed by atoms with van der Waals surface area (Å²) in [6, 6.07) is 30.3. The zero-order valence-corrected chi connectivity index (χ0v) is 17.7. The van der Waals surface area contributed by atoms with E-state index in [0.29, 0.717) is 17.0 Å². The first-order valence-corrected chi connectivity index (χ1v) is 10.4. The maximum Gasteiger partial charge on any atom is 0.0991 e. The molecular formula is C26H24ClN3. The Hall–Kier alpha value is -3.11. The molecule has 1 unspecified atom stereocenters. The van der Waals surface area contributed by atoms with Crippen molar-refractivity contribution in [2.75, 3.05) is 0 Å². The fourth-order valence-electron chi connectivity index (χ4n) is 3.78. The van der Waals surface area contributed by atoms with Gasteiger partial charge in [0.05, 0.1) is 24.1 Å². The van der Waals surface area contributed by atoms with E-state index in [1.807, 2.05) is 72.8 Å². The van der Waals surface area contributed by atoms with Crippen LogP contribution in [0.4, 0.5) is 0 Å². The van der Waals surface area contributed by atoms with E-state index in [2.05, 4.69) is 30.4 Å². The Morgan fingerprint density at radius 1 is 0.900 bits per heavy atom. The van der Waals surface area contributed by atoms with Gasteiger partial charge in [-0.3, -0.25) is 0 Å². The Morgan fingerprint density at radius 2 is 1.60 bits per heavy atom. The molecule has 3 aromatic carbocycles. The summed E-state index contributed by atoms with van der Waals surface area (Å²) in [6.45, 7) is 2.15. The third kappa shape index (κ3) is 5.71. The summed E-state index contributed by atoms with van der Waals surface area (Å²) < 4.78 is 0. The van der Waals surface area contributed by atoms with Gasteiger partial charge in [0, 0.05) is 23.0 Å². The van der Waals surface area contributed by atoms with Crippen molar-refractivity contribution in [1.82, 2.24) is 5.32 Å². The molecule has 0 bridgehead atoms. The van der Waals surface area contributed by atoms with E-state index >= 15 is 0 Å². The fourth-order valence-corrected chi connectivity index (χ4v) is 3.91.